The van der Waals surface area contributed by atoms with Crippen molar-refractivity contribution in [3.05, 3.63) is 88.2 Å². The first-order chi connectivity index (χ1) is 14.4. The monoisotopic (exact) mass is 423 g/mol. The molecule has 3 amide bonds. The molecule has 0 saturated heterocycles. The molecule has 0 bridgehead atoms. The van der Waals surface area contributed by atoms with Crippen LogP contribution in [0.25, 0.3) is 0 Å². The van der Waals surface area contributed by atoms with Crippen molar-refractivity contribution in [3.8, 4) is 11.8 Å². The second-order valence-corrected chi connectivity index (χ2v) is 7.05. The SMILES string of the molecule is C[N+]1=C2C(=CC=C(F)C2F)C(=O)N(c2ccc(C#Cc3ccccc3)cc2Cl)C1=O. The molecule has 148 valence electrons. The van der Waals surface area contributed by atoms with E-state index in [1.165, 1.54) is 13.1 Å². The average molecular weight is 424 g/mol. The predicted molar refractivity (Wildman–Crippen MR) is 110 cm³/mol. The smallest absolute Gasteiger partial charge is 0.240 e. The summed E-state index contributed by atoms with van der Waals surface area (Å²) in [5.74, 6) is 4.13. The Balaban J connectivity index is 1.71. The van der Waals surface area contributed by atoms with Crippen LogP contribution in [0.3, 0.4) is 0 Å². The molecule has 1 unspecified atom stereocenters. The molecular formula is C23H14ClF2N2O2+. The Hall–Kier alpha value is -3.56. The second kappa shape index (κ2) is 7.69. The number of anilines is 1. The van der Waals surface area contributed by atoms with Gasteiger partial charge < -0.3 is 0 Å². The zero-order valence-corrected chi connectivity index (χ0v) is 16.5. The van der Waals surface area contributed by atoms with Gasteiger partial charge in [-0.3, -0.25) is 0 Å². The molecule has 2 aromatic carbocycles. The lowest BCUT2D eigenvalue weighted by molar-refractivity contribution is -0.394. The number of benzene rings is 2. The Kier molecular flexibility index (Phi) is 5.06. The van der Waals surface area contributed by atoms with E-state index in [0.717, 1.165) is 27.2 Å². The third kappa shape index (κ3) is 3.34. The summed E-state index contributed by atoms with van der Waals surface area (Å²) in [6, 6.07) is 13.2. The molecule has 2 aliphatic rings. The maximum absolute atomic E-state index is 14.3. The van der Waals surface area contributed by atoms with Gasteiger partial charge in [0.1, 0.15) is 11.4 Å². The molecule has 0 aromatic heterocycles. The van der Waals surface area contributed by atoms with Gasteiger partial charge in [0.25, 0.3) is 0 Å². The number of allylic oxidation sites excluding steroid dienone is 3. The van der Waals surface area contributed by atoms with Crippen LogP contribution in [0.5, 0.6) is 0 Å². The molecule has 7 heteroatoms. The van der Waals surface area contributed by atoms with Crippen LogP contribution in [-0.4, -0.2) is 35.4 Å². The van der Waals surface area contributed by atoms with Gasteiger partial charge >= 0.3 is 11.9 Å². The minimum atomic E-state index is -2.17. The summed E-state index contributed by atoms with van der Waals surface area (Å²) < 4.78 is 28.8. The Labute approximate surface area is 176 Å². The number of imide groups is 1. The van der Waals surface area contributed by atoms with Crippen LogP contribution in [0, 0.1) is 11.8 Å². The number of carbonyl (C=O) groups excluding carboxylic acids is 2. The first kappa shape index (κ1) is 19.7. The van der Waals surface area contributed by atoms with E-state index >= 15 is 0 Å². The standard InChI is InChI=1S/C23H14ClF2N2O2/c1-27-21-16(10-11-18(25)20(21)26)22(29)28(23(27)30)19-12-9-15(13-17(19)24)8-7-14-5-3-2-4-6-14/h2-6,9-13,20H,1H3/q+1. The van der Waals surface area contributed by atoms with Gasteiger partial charge in [0.05, 0.1) is 12.1 Å². The fourth-order valence-corrected chi connectivity index (χ4v) is 3.50. The van der Waals surface area contributed by atoms with Crippen LogP contribution in [0.1, 0.15) is 11.1 Å². The molecule has 1 aliphatic carbocycles. The number of alkyl halides is 1. The lowest BCUT2D eigenvalue weighted by Crippen LogP contribution is -2.53. The molecule has 1 aliphatic heterocycles. The maximum atomic E-state index is 14.3. The number of amides is 3. The molecule has 1 heterocycles. The summed E-state index contributed by atoms with van der Waals surface area (Å²) in [6.45, 7) is 0. The van der Waals surface area contributed by atoms with Crippen molar-refractivity contribution in [3.63, 3.8) is 0 Å². The molecule has 0 N–H and O–H groups in total. The topological polar surface area (TPSA) is 40.4 Å². The van der Waals surface area contributed by atoms with Gasteiger partial charge in [-0.25, -0.2) is 13.6 Å². The number of urea groups is 1. The lowest BCUT2D eigenvalue weighted by atomic mass is 9.96. The molecule has 0 fully saturated rings. The number of hydrogen-bond donors (Lipinski definition) is 0. The van der Waals surface area contributed by atoms with E-state index < -0.39 is 23.9 Å². The summed E-state index contributed by atoms with van der Waals surface area (Å²) in [6.07, 6.45) is -0.129. The number of rotatable bonds is 1. The highest BCUT2D eigenvalue weighted by molar-refractivity contribution is 6.39. The summed E-state index contributed by atoms with van der Waals surface area (Å²) in [5.41, 5.74) is 1.14. The van der Waals surface area contributed by atoms with Crippen molar-refractivity contribution >= 4 is 34.9 Å². The Bertz CT molecular complexity index is 1240. The van der Waals surface area contributed by atoms with Crippen LogP contribution in [0.2, 0.25) is 5.02 Å². The molecule has 2 aromatic rings. The summed E-state index contributed by atoms with van der Waals surface area (Å²) in [5, 5.41) is 0.128. The van der Waals surface area contributed by atoms with Crippen LogP contribution in [0.15, 0.2) is 72.1 Å². The minimum absolute atomic E-state index is 0.102. The average Bonchev–Trinajstić information content (AvgIpc) is 2.74. The number of fused-ring (bicyclic) bond motifs is 1. The van der Waals surface area contributed by atoms with Crippen molar-refractivity contribution in [1.82, 2.24) is 0 Å². The highest BCUT2D eigenvalue weighted by Crippen LogP contribution is 2.33. The highest BCUT2D eigenvalue weighted by Gasteiger charge is 2.49. The van der Waals surface area contributed by atoms with E-state index in [4.69, 9.17) is 11.6 Å². The fourth-order valence-electron chi connectivity index (χ4n) is 3.24. The first-order valence-corrected chi connectivity index (χ1v) is 9.33. The maximum Gasteiger partial charge on any atom is 0.506 e. The molecule has 30 heavy (non-hydrogen) atoms. The van der Waals surface area contributed by atoms with Gasteiger partial charge in [0.2, 0.25) is 6.17 Å². The van der Waals surface area contributed by atoms with Gasteiger partial charge in [-0.15, -0.1) is 4.90 Å². The zero-order chi connectivity index (χ0) is 21.4. The Morgan fingerprint density at radius 3 is 2.43 bits per heavy atom. The van der Waals surface area contributed by atoms with Gasteiger partial charge in [0, 0.05) is 11.1 Å². The second-order valence-electron chi connectivity index (χ2n) is 6.64. The Morgan fingerprint density at radius 2 is 1.73 bits per heavy atom. The van der Waals surface area contributed by atoms with E-state index in [0.29, 0.717) is 5.56 Å². The summed E-state index contributed by atoms with van der Waals surface area (Å²) in [7, 11) is 1.28. The van der Waals surface area contributed by atoms with E-state index in [1.807, 2.05) is 30.3 Å². The van der Waals surface area contributed by atoms with Crippen molar-refractivity contribution in [1.29, 1.82) is 0 Å². The zero-order valence-electron chi connectivity index (χ0n) is 15.7. The van der Waals surface area contributed by atoms with Gasteiger partial charge in [-0.1, -0.05) is 41.6 Å². The van der Waals surface area contributed by atoms with Crippen LogP contribution >= 0.6 is 11.6 Å². The third-order valence-corrected chi connectivity index (χ3v) is 5.06. The largest absolute Gasteiger partial charge is 0.506 e. The summed E-state index contributed by atoms with van der Waals surface area (Å²) in [4.78, 5) is 26.5. The van der Waals surface area contributed by atoms with Crippen molar-refractivity contribution in [2.24, 2.45) is 0 Å². The fraction of sp³-hybridized carbons (Fsp3) is 0.0870. The van der Waals surface area contributed by atoms with Crippen molar-refractivity contribution in [2.45, 2.75) is 6.17 Å². The number of hydrogen-bond acceptors (Lipinski definition) is 2. The Morgan fingerprint density at radius 1 is 1.03 bits per heavy atom. The van der Waals surface area contributed by atoms with Crippen LogP contribution in [-0.2, 0) is 4.79 Å². The van der Waals surface area contributed by atoms with Gasteiger partial charge in [-0.05, 0) is 42.5 Å². The third-order valence-electron chi connectivity index (χ3n) is 4.75. The number of nitrogens with zero attached hydrogens (tertiary/aromatic N) is 2. The van der Waals surface area contributed by atoms with Crippen molar-refractivity contribution < 1.29 is 22.9 Å². The molecule has 4 nitrogen and oxygen atoms in total. The highest BCUT2D eigenvalue weighted by atomic mass is 35.5. The van der Waals surface area contributed by atoms with E-state index in [2.05, 4.69) is 11.8 Å². The molecule has 0 spiro atoms. The molecule has 0 radical (unpaired) electrons. The normalized spacial score (nSPS) is 18.4. The van der Waals surface area contributed by atoms with E-state index in [1.54, 1.807) is 12.1 Å². The predicted octanol–water partition coefficient (Wildman–Crippen LogP) is 4.42. The van der Waals surface area contributed by atoms with Gasteiger partial charge in [-0.2, -0.15) is 9.37 Å². The summed E-state index contributed by atoms with van der Waals surface area (Å²) >= 11 is 6.35. The quantitative estimate of drug-likeness (QED) is 0.503. The van der Waals surface area contributed by atoms with Crippen LogP contribution in [0.4, 0.5) is 19.3 Å². The van der Waals surface area contributed by atoms with E-state index in [9.17, 15) is 18.4 Å². The molecule has 4 rings (SSSR count). The minimum Gasteiger partial charge on any atom is -0.240 e. The van der Waals surface area contributed by atoms with E-state index in [-0.39, 0.29) is 22.0 Å². The molecular weight excluding hydrogens is 410 g/mol. The van der Waals surface area contributed by atoms with Crippen molar-refractivity contribution in [2.75, 3.05) is 11.9 Å². The molecule has 0 saturated carbocycles. The first-order valence-electron chi connectivity index (χ1n) is 8.96. The molecule has 1 atom stereocenters. The van der Waals surface area contributed by atoms with Crippen LogP contribution < -0.4 is 4.90 Å². The van der Waals surface area contributed by atoms with Gasteiger partial charge in [0.15, 0.2) is 11.4 Å². The number of carbonyl (C=O) groups is 2. The lowest BCUT2D eigenvalue weighted by Gasteiger charge is -2.25. The number of halogens is 3.